The molecule has 0 amide bonds. The van der Waals surface area contributed by atoms with Crippen molar-refractivity contribution in [1.29, 1.82) is 0 Å². The third-order valence-corrected chi connectivity index (χ3v) is 9.95. The molecule has 0 aliphatic carbocycles. The van der Waals surface area contributed by atoms with Gasteiger partial charge in [-0.2, -0.15) is 8.42 Å². The number of rotatable bonds is 35. The zero-order chi connectivity index (χ0) is 32.8. The Labute approximate surface area is 277 Å². The van der Waals surface area contributed by atoms with Gasteiger partial charge in [-0.05, 0) is 33.4 Å². The Morgan fingerprint density at radius 2 is 0.682 bits per heavy atom. The lowest BCUT2D eigenvalue weighted by atomic mass is 10.0. The molecule has 0 heterocycles. The molecular weight excluding hydrogens is 569 g/mol. The number of alkyl halides is 1. The molecule has 0 saturated carbocycles. The summed E-state index contributed by atoms with van der Waals surface area (Å²) >= 11 is 0. The molecule has 0 saturated heterocycles. The number of unbranched alkanes of at least 4 members (excludes halogenated alkanes) is 29. The van der Waals surface area contributed by atoms with Gasteiger partial charge >= 0.3 is 0 Å². The minimum Gasteiger partial charge on any atom is -0.323 e. The summed E-state index contributed by atoms with van der Waals surface area (Å²) in [6.45, 7) is 4.63. The van der Waals surface area contributed by atoms with Crippen LogP contribution in [0.5, 0.6) is 0 Å². The van der Waals surface area contributed by atoms with E-state index in [1.807, 2.05) is 14.1 Å². The van der Waals surface area contributed by atoms with Crippen molar-refractivity contribution in [2.45, 2.75) is 225 Å². The van der Waals surface area contributed by atoms with Crippen molar-refractivity contribution in [1.82, 2.24) is 5.32 Å². The van der Waals surface area contributed by atoms with Gasteiger partial charge in [0.25, 0.3) is 10.1 Å². The van der Waals surface area contributed by atoms with Crippen molar-refractivity contribution in [2.24, 2.45) is 0 Å². The molecule has 1 unspecified atom stereocenters. The molecule has 268 valence electrons. The number of halogens is 1. The molecule has 0 radical (unpaired) electrons. The largest absolute Gasteiger partial charge is 0.323 e. The summed E-state index contributed by atoms with van der Waals surface area (Å²) in [5.41, 5.74) is -1.87. The Balaban J connectivity index is 0. The normalized spacial score (nSPS) is 12.3. The van der Waals surface area contributed by atoms with Crippen molar-refractivity contribution >= 4 is 10.1 Å². The maximum Gasteiger partial charge on any atom is 0.299 e. The van der Waals surface area contributed by atoms with Crippen molar-refractivity contribution < 1.29 is 17.0 Å². The summed E-state index contributed by atoms with van der Waals surface area (Å²) in [7, 11) is -0.311. The van der Waals surface area contributed by atoms with Gasteiger partial charge < -0.3 is 5.32 Å². The van der Waals surface area contributed by atoms with Gasteiger partial charge in [-0.25, -0.2) is 4.39 Å². The van der Waals surface area contributed by atoms with Crippen LogP contribution in [0.1, 0.15) is 219 Å². The minimum absolute atomic E-state index is 0.0670. The van der Waals surface area contributed by atoms with Gasteiger partial charge in [-0.3, -0.25) is 4.18 Å². The Hall–Kier alpha value is -0.200. The van der Waals surface area contributed by atoms with E-state index in [-0.39, 0.29) is 13.0 Å². The summed E-state index contributed by atoms with van der Waals surface area (Å²) in [5.74, 6) is 0. The average Bonchev–Trinajstić information content (AvgIpc) is 3.00. The van der Waals surface area contributed by atoms with E-state index in [9.17, 15) is 12.8 Å². The highest BCUT2D eigenvalue weighted by atomic mass is 32.2. The Morgan fingerprint density at radius 3 is 0.955 bits per heavy atom. The highest BCUT2D eigenvalue weighted by Gasteiger charge is 2.25. The van der Waals surface area contributed by atoms with Gasteiger partial charge in [-0.1, -0.05) is 200 Å². The van der Waals surface area contributed by atoms with E-state index in [4.69, 9.17) is 4.18 Å². The second kappa shape index (κ2) is 39.0. The van der Waals surface area contributed by atoms with Crippen molar-refractivity contribution in [3.05, 3.63) is 0 Å². The zero-order valence-corrected chi connectivity index (χ0v) is 31.2. The predicted octanol–water partition coefficient (Wildman–Crippen LogP) is 13.0. The van der Waals surface area contributed by atoms with Gasteiger partial charge in [0.15, 0.2) is 0 Å². The Morgan fingerprint density at radius 1 is 0.455 bits per heavy atom. The van der Waals surface area contributed by atoms with Gasteiger partial charge in [0.2, 0.25) is 5.50 Å². The van der Waals surface area contributed by atoms with E-state index < -0.39 is 15.6 Å². The van der Waals surface area contributed by atoms with E-state index in [1.165, 1.54) is 161 Å². The molecule has 0 aromatic carbocycles. The summed E-state index contributed by atoms with van der Waals surface area (Å²) < 4.78 is 43.2. The second-order valence-electron chi connectivity index (χ2n) is 13.3. The standard InChI is InChI=1S/C36H73FO3S.C2H7N/c1-3-5-7-9-11-13-14-15-16-17-18-19-20-21-22-23-24-25-27-29-31-33-35-40-41(38,39)36(37)34-32-30-28-26-12-10-8-6-4-2;1-3-2/h36H,3-35H2,1-2H3;3H,1-2H3. The highest BCUT2D eigenvalue weighted by molar-refractivity contribution is 7.87. The fourth-order valence-corrected chi connectivity index (χ4v) is 6.67. The number of hydrogen-bond acceptors (Lipinski definition) is 4. The molecule has 0 fully saturated rings. The quantitative estimate of drug-likeness (QED) is 0.0548. The lowest BCUT2D eigenvalue weighted by Crippen LogP contribution is -2.19. The fraction of sp³-hybridized carbons (Fsp3) is 1.00. The first-order valence-corrected chi connectivity index (χ1v) is 21.0. The van der Waals surface area contributed by atoms with Crippen LogP contribution in [0.3, 0.4) is 0 Å². The van der Waals surface area contributed by atoms with Gasteiger partial charge in [0.1, 0.15) is 0 Å². The van der Waals surface area contributed by atoms with E-state index >= 15 is 0 Å². The number of hydrogen-bond donors (Lipinski definition) is 1. The first kappa shape index (κ1) is 45.9. The molecule has 0 aromatic rings. The van der Waals surface area contributed by atoms with Crippen molar-refractivity contribution in [2.75, 3.05) is 20.7 Å². The third kappa shape index (κ3) is 38.0. The minimum atomic E-state index is -4.06. The highest BCUT2D eigenvalue weighted by Crippen LogP contribution is 2.18. The van der Waals surface area contributed by atoms with E-state index in [1.54, 1.807) is 0 Å². The van der Waals surface area contributed by atoms with Gasteiger partial charge in [0.05, 0.1) is 6.61 Å². The van der Waals surface area contributed by atoms with E-state index in [2.05, 4.69) is 19.2 Å². The van der Waals surface area contributed by atoms with Crippen LogP contribution in [-0.2, 0) is 14.3 Å². The topological polar surface area (TPSA) is 55.4 Å². The van der Waals surface area contributed by atoms with Crippen LogP contribution in [0.4, 0.5) is 4.39 Å². The van der Waals surface area contributed by atoms with Crippen LogP contribution in [-0.4, -0.2) is 34.6 Å². The molecule has 0 bridgehead atoms. The lowest BCUT2D eigenvalue weighted by molar-refractivity contribution is 0.270. The molecular formula is C38H80FNO3S. The Kier molecular flexibility index (Phi) is 40.7. The van der Waals surface area contributed by atoms with Crippen LogP contribution in [0.15, 0.2) is 0 Å². The molecule has 1 N–H and O–H groups in total. The van der Waals surface area contributed by atoms with Crippen LogP contribution in [0.25, 0.3) is 0 Å². The lowest BCUT2D eigenvalue weighted by Gasteiger charge is -2.10. The molecule has 44 heavy (non-hydrogen) atoms. The van der Waals surface area contributed by atoms with Gasteiger partial charge in [0, 0.05) is 0 Å². The van der Waals surface area contributed by atoms with Crippen molar-refractivity contribution in [3.63, 3.8) is 0 Å². The number of nitrogens with one attached hydrogen (secondary N) is 1. The second-order valence-corrected chi connectivity index (χ2v) is 15.0. The molecule has 6 heteroatoms. The molecule has 1 atom stereocenters. The van der Waals surface area contributed by atoms with Crippen LogP contribution >= 0.6 is 0 Å². The van der Waals surface area contributed by atoms with Crippen molar-refractivity contribution in [3.8, 4) is 0 Å². The SMILES string of the molecule is CCCCCCCCCCCCCCCCCCCCCCCCOS(=O)(=O)C(F)CCCCCCCCCCC.CNC. The van der Waals surface area contributed by atoms with Crippen LogP contribution in [0, 0.1) is 0 Å². The smallest absolute Gasteiger partial charge is 0.299 e. The molecule has 4 nitrogen and oxygen atoms in total. The summed E-state index contributed by atoms with van der Waals surface area (Å²) in [6, 6.07) is 0. The van der Waals surface area contributed by atoms with Crippen LogP contribution < -0.4 is 5.32 Å². The molecule has 0 aromatic heterocycles. The van der Waals surface area contributed by atoms with E-state index in [0.717, 1.165) is 25.7 Å². The first-order valence-electron chi connectivity index (χ1n) is 19.6. The molecule has 0 aliphatic heterocycles. The maximum absolute atomic E-state index is 14.2. The Bertz CT molecular complexity index is 617. The maximum atomic E-state index is 14.2. The average molecular weight is 650 g/mol. The fourth-order valence-electron chi connectivity index (χ4n) is 5.72. The summed E-state index contributed by atoms with van der Waals surface area (Å²) in [4.78, 5) is 0. The van der Waals surface area contributed by atoms with Crippen LogP contribution in [0.2, 0.25) is 0 Å². The molecule has 0 aliphatic rings. The van der Waals surface area contributed by atoms with E-state index in [0.29, 0.717) is 12.8 Å². The molecule has 0 spiro atoms. The third-order valence-electron chi connectivity index (χ3n) is 8.59. The summed E-state index contributed by atoms with van der Waals surface area (Å²) in [5, 5.41) is 2.75. The van der Waals surface area contributed by atoms with Gasteiger partial charge in [-0.15, -0.1) is 0 Å². The summed E-state index contributed by atoms with van der Waals surface area (Å²) in [6.07, 6.45) is 39.4. The zero-order valence-electron chi connectivity index (χ0n) is 30.4. The predicted molar refractivity (Wildman–Crippen MR) is 194 cm³/mol. The first-order chi connectivity index (χ1) is 21.5. The molecule has 0 rings (SSSR count). The monoisotopic (exact) mass is 650 g/mol.